The normalized spacial score (nSPS) is 29.1. The predicted octanol–water partition coefficient (Wildman–Crippen LogP) is 2.64. The Balaban J connectivity index is 1.42. The Bertz CT molecular complexity index is 664. The molecule has 0 aromatic rings. The van der Waals surface area contributed by atoms with Crippen LogP contribution in [0, 0.1) is 5.92 Å². The average molecular weight is 330 g/mol. The van der Waals surface area contributed by atoms with Gasteiger partial charge in [0.2, 0.25) is 0 Å². The van der Waals surface area contributed by atoms with Crippen LogP contribution in [0.15, 0.2) is 40.2 Å². The summed E-state index contributed by atoms with van der Waals surface area (Å²) in [7, 11) is 0. The quantitative estimate of drug-likeness (QED) is 0.776. The highest BCUT2D eigenvalue weighted by Crippen LogP contribution is 2.31. The number of nitrogens with one attached hydrogen (secondary N) is 2. The van der Waals surface area contributed by atoms with Crippen LogP contribution in [-0.2, 0) is 0 Å². The number of amides is 2. The lowest BCUT2D eigenvalue weighted by Crippen LogP contribution is -2.48. The smallest absolute Gasteiger partial charge is 0.322 e. The SMILES string of the molecule is O=C(NC1=CC(F)CC=C1)N1CCC2=C(CC3CCCN=C3N2)C1. The highest BCUT2D eigenvalue weighted by molar-refractivity contribution is 5.88. The molecule has 0 saturated carbocycles. The number of rotatable bonds is 1. The molecule has 0 radical (unpaired) electrons. The lowest BCUT2D eigenvalue weighted by Gasteiger charge is -2.38. The average Bonchev–Trinajstić information content (AvgIpc) is 2.59. The summed E-state index contributed by atoms with van der Waals surface area (Å²) in [5.41, 5.74) is 3.12. The molecule has 24 heavy (non-hydrogen) atoms. The van der Waals surface area contributed by atoms with Crippen LogP contribution in [-0.4, -0.2) is 42.6 Å². The number of carbonyl (C=O) groups excluding carboxylic acids is 1. The van der Waals surface area contributed by atoms with Crippen LogP contribution in [0.5, 0.6) is 0 Å². The van der Waals surface area contributed by atoms with E-state index in [1.54, 1.807) is 12.2 Å². The number of alkyl halides is 1. The van der Waals surface area contributed by atoms with Crippen molar-refractivity contribution in [1.82, 2.24) is 15.5 Å². The standard InChI is InChI=1S/C18H23FN4O/c19-14-4-1-5-15(10-14)21-18(24)23-8-6-16-13(11-23)9-12-3-2-7-20-17(12)22-16/h1,5,10,12,14H,2-4,6-9,11H2,(H,20,22)(H,21,24). The van der Waals surface area contributed by atoms with Crippen LogP contribution in [0.1, 0.15) is 32.1 Å². The first-order chi connectivity index (χ1) is 11.7. The Morgan fingerprint density at radius 1 is 1.46 bits per heavy atom. The molecular formula is C18H23FN4O. The monoisotopic (exact) mass is 330 g/mol. The summed E-state index contributed by atoms with van der Waals surface area (Å²) in [5.74, 6) is 1.63. The van der Waals surface area contributed by atoms with Gasteiger partial charge in [0.1, 0.15) is 12.0 Å². The number of allylic oxidation sites excluding steroid dienone is 3. The maximum Gasteiger partial charge on any atom is 0.322 e. The molecule has 4 aliphatic rings. The molecule has 0 saturated heterocycles. The Labute approximate surface area is 141 Å². The Hall–Kier alpha value is -2.11. The van der Waals surface area contributed by atoms with E-state index in [1.807, 2.05) is 4.90 Å². The highest BCUT2D eigenvalue weighted by atomic mass is 19.1. The minimum Gasteiger partial charge on any atom is -0.347 e. The van der Waals surface area contributed by atoms with E-state index in [9.17, 15) is 9.18 Å². The summed E-state index contributed by atoms with van der Waals surface area (Å²) >= 11 is 0. The van der Waals surface area contributed by atoms with Crippen molar-refractivity contribution >= 4 is 11.9 Å². The first-order valence-corrected chi connectivity index (χ1v) is 8.79. The fourth-order valence-corrected chi connectivity index (χ4v) is 3.87. The van der Waals surface area contributed by atoms with Gasteiger partial charge in [-0.2, -0.15) is 0 Å². The molecular weight excluding hydrogens is 307 g/mol. The number of hydrogen-bond donors (Lipinski definition) is 2. The minimum absolute atomic E-state index is 0.144. The van der Waals surface area contributed by atoms with Crippen molar-refractivity contribution in [3.05, 3.63) is 35.2 Å². The van der Waals surface area contributed by atoms with Gasteiger partial charge in [-0.25, -0.2) is 9.18 Å². The first kappa shape index (κ1) is 15.4. The van der Waals surface area contributed by atoms with Crippen molar-refractivity contribution < 1.29 is 9.18 Å². The van der Waals surface area contributed by atoms with Crippen molar-refractivity contribution in [2.24, 2.45) is 10.9 Å². The molecule has 2 N–H and O–H groups in total. The Kier molecular flexibility index (Phi) is 4.12. The van der Waals surface area contributed by atoms with Gasteiger partial charge in [-0.3, -0.25) is 4.99 Å². The van der Waals surface area contributed by atoms with Crippen molar-refractivity contribution in [2.75, 3.05) is 19.6 Å². The van der Waals surface area contributed by atoms with Crippen molar-refractivity contribution in [2.45, 2.75) is 38.3 Å². The van der Waals surface area contributed by atoms with E-state index >= 15 is 0 Å². The van der Waals surface area contributed by atoms with E-state index in [1.165, 1.54) is 23.8 Å². The summed E-state index contributed by atoms with van der Waals surface area (Å²) in [5, 5.41) is 6.33. The molecule has 128 valence electrons. The lowest BCUT2D eigenvalue weighted by molar-refractivity contribution is 0.201. The van der Waals surface area contributed by atoms with E-state index in [4.69, 9.17) is 0 Å². The van der Waals surface area contributed by atoms with Gasteiger partial charge >= 0.3 is 6.03 Å². The zero-order chi connectivity index (χ0) is 16.5. The van der Waals surface area contributed by atoms with Crippen LogP contribution in [0.2, 0.25) is 0 Å². The zero-order valence-corrected chi connectivity index (χ0v) is 13.7. The second-order valence-corrected chi connectivity index (χ2v) is 6.90. The third-order valence-corrected chi connectivity index (χ3v) is 5.15. The van der Waals surface area contributed by atoms with Gasteiger partial charge in [0.25, 0.3) is 0 Å². The lowest BCUT2D eigenvalue weighted by atomic mass is 9.85. The zero-order valence-electron chi connectivity index (χ0n) is 13.7. The number of hydrogen-bond acceptors (Lipinski definition) is 3. The van der Waals surface area contributed by atoms with Crippen LogP contribution < -0.4 is 10.6 Å². The van der Waals surface area contributed by atoms with Crippen molar-refractivity contribution in [1.29, 1.82) is 0 Å². The minimum atomic E-state index is -1.01. The highest BCUT2D eigenvalue weighted by Gasteiger charge is 2.32. The van der Waals surface area contributed by atoms with Gasteiger partial charge in [0.05, 0.1) is 0 Å². The first-order valence-electron chi connectivity index (χ1n) is 8.79. The van der Waals surface area contributed by atoms with Gasteiger partial charge in [-0.1, -0.05) is 6.08 Å². The molecule has 2 unspecified atom stereocenters. The maximum atomic E-state index is 13.4. The van der Waals surface area contributed by atoms with E-state index in [0.29, 0.717) is 31.1 Å². The van der Waals surface area contributed by atoms with Crippen LogP contribution in [0.25, 0.3) is 0 Å². The third kappa shape index (κ3) is 3.09. The summed E-state index contributed by atoms with van der Waals surface area (Å²) < 4.78 is 13.4. The van der Waals surface area contributed by atoms with E-state index < -0.39 is 6.17 Å². The molecule has 0 spiro atoms. The number of aliphatic imine (C=N–C) groups is 1. The molecule has 0 aromatic heterocycles. The van der Waals surface area contributed by atoms with E-state index in [2.05, 4.69) is 15.6 Å². The van der Waals surface area contributed by atoms with Crippen molar-refractivity contribution in [3.8, 4) is 0 Å². The van der Waals surface area contributed by atoms with E-state index in [0.717, 1.165) is 31.6 Å². The van der Waals surface area contributed by atoms with Gasteiger partial charge < -0.3 is 15.5 Å². The third-order valence-electron chi connectivity index (χ3n) is 5.15. The Morgan fingerprint density at radius 3 is 3.25 bits per heavy atom. The second kappa shape index (κ2) is 6.42. The number of halogens is 1. The molecule has 2 amide bonds. The molecule has 5 nitrogen and oxygen atoms in total. The molecule has 1 aliphatic carbocycles. The van der Waals surface area contributed by atoms with Crippen LogP contribution in [0.4, 0.5) is 9.18 Å². The molecule has 0 aromatic carbocycles. The number of amidine groups is 1. The molecule has 0 bridgehead atoms. The molecule has 3 aliphatic heterocycles. The fourth-order valence-electron chi connectivity index (χ4n) is 3.87. The number of fused-ring (bicyclic) bond motifs is 1. The summed E-state index contributed by atoms with van der Waals surface area (Å²) in [6.07, 6.45) is 8.53. The molecule has 2 atom stereocenters. The number of carbonyl (C=O) groups is 1. The maximum absolute atomic E-state index is 13.4. The fraction of sp³-hybridized carbons (Fsp3) is 0.556. The van der Waals surface area contributed by atoms with Gasteiger partial charge in [-0.05, 0) is 37.0 Å². The topological polar surface area (TPSA) is 56.7 Å². The largest absolute Gasteiger partial charge is 0.347 e. The van der Waals surface area contributed by atoms with Crippen molar-refractivity contribution in [3.63, 3.8) is 0 Å². The molecule has 0 fully saturated rings. The predicted molar refractivity (Wildman–Crippen MR) is 91.3 cm³/mol. The Morgan fingerprint density at radius 2 is 2.38 bits per heavy atom. The molecule has 6 heteroatoms. The van der Waals surface area contributed by atoms with Gasteiger partial charge in [0.15, 0.2) is 0 Å². The number of urea groups is 1. The van der Waals surface area contributed by atoms with Gasteiger partial charge in [-0.15, -0.1) is 0 Å². The van der Waals surface area contributed by atoms with Gasteiger partial charge in [0, 0.05) is 49.8 Å². The summed E-state index contributed by atoms with van der Waals surface area (Å²) in [4.78, 5) is 18.9. The van der Waals surface area contributed by atoms with E-state index in [-0.39, 0.29) is 6.03 Å². The van der Waals surface area contributed by atoms with Crippen LogP contribution >= 0.6 is 0 Å². The molecule has 4 rings (SSSR count). The summed E-state index contributed by atoms with van der Waals surface area (Å²) in [6.45, 7) is 2.24. The molecule has 3 heterocycles. The number of nitrogens with zero attached hydrogens (tertiary/aromatic N) is 2. The second-order valence-electron chi connectivity index (χ2n) is 6.90. The summed E-state index contributed by atoms with van der Waals surface area (Å²) in [6, 6.07) is -0.144. The van der Waals surface area contributed by atoms with Crippen LogP contribution in [0.3, 0.4) is 0 Å².